The number of nitrogens with zero attached hydrogens (tertiary/aromatic N) is 2. The van der Waals surface area contributed by atoms with E-state index in [9.17, 15) is 0 Å². The Morgan fingerprint density at radius 3 is 3.14 bits per heavy atom. The van der Waals surface area contributed by atoms with Crippen molar-refractivity contribution >= 4 is 5.82 Å². The molecule has 2 N–H and O–H groups in total. The minimum absolute atomic E-state index is 0.543. The summed E-state index contributed by atoms with van der Waals surface area (Å²) in [7, 11) is 0. The van der Waals surface area contributed by atoms with E-state index in [4.69, 9.17) is 0 Å². The molecule has 1 saturated heterocycles. The highest BCUT2D eigenvalue weighted by Gasteiger charge is 2.11. The lowest BCUT2D eigenvalue weighted by Crippen LogP contribution is -2.22. The molecule has 1 aromatic rings. The summed E-state index contributed by atoms with van der Waals surface area (Å²) in [5.74, 6) is 0.888. The maximum atomic E-state index is 4.21. The zero-order chi connectivity index (χ0) is 9.64. The lowest BCUT2D eigenvalue weighted by atomic mass is 10.1. The van der Waals surface area contributed by atoms with Crippen LogP contribution in [0.25, 0.3) is 0 Å². The molecular formula is C10H16N4. The second-order valence-electron chi connectivity index (χ2n) is 3.61. The van der Waals surface area contributed by atoms with Crippen LogP contribution < -0.4 is 10.6 Å². The summed E-state index contributed by atoms with van der Waals surface area (Å²) in [6.45, 7) is 2.23. The van der Waals surface area contributed by atoms with E-state index in [-0.39, 0.29) is 0 Å². The van der Waals surface area contributed by atoms with Gasteiger partial charge in [-0.15, -0.1) is 0 Å². The molecule has 0 aliphatic carbocycles. The standard InChI is InChI=1S/C10H16N4/c1-2-9(3-5-11-4-1)14-10-8-12-6-7-13-10/h6-9,11H,1-5H2,(H,13,14). The average Bonchev–Trinajstić information content (AvgIpc) is 2.48. The molecule has 1 fully saturated rings. The fraction of sp³-hybridized carbons (Fsp3) is 0.600. The highest BCUT2D eigenvalue weighted by atomic mass is 15.0. The summed E-state index contributed by atoms with van der Waals surface area (Å²) in [4.78, 5) is 8.24. The van der Waals surface area contributed by atoms with E-state index in [0.29, 0.717) is 6.04 Å². The van der Waals surface area contributed by atoms with Gasteiger partial charge < -0.3 is 10.6 Å². The molecule has 2 rings (SSSR count). The van der Waals surface area contributed by atoms with Gasteiger partial charge in [0.2, 0.25) is 0 Å². The van der Waals surface area contributed by atoms with E-state index in [1.165, 1.54) is 12.8 Å². The van der Waals surface area contributed by atoms with Crippen LogP contribution >= 0.6 is 0 Å². The first kappa shape index (κ1) is 9.40. The van der Waals surface area contributed by atoms with Gasteiger partial charge in [-0.05, 0) is 32.4 Å². The Hall–Kier alpha value is -1.16. The smallest absolute Gasteiger partial charge is 0.144 e. The van der Waals surface area contributed by atoms with E-state index < -0.39 is 0 Å². The van der Waals surface area contributed by atoms with Crippen LogP contribution in [-0.4, -0.2) is 29.1 Å². The SMILES string of the molecule is c1cnc(NC2CCCNCC2)cn1. The summed E-state index contributed by atoms with van der Waals surface area (Å²) in [6, 6.07) is 0.543. The summed E-state index contributed by atoms with van der Waals surface area (Å²) in [5, 5.41) is 6.79. The first-order chi connectivity index (χ1) is 6.95. The zero-order valence-corrected chi connectivity index (χ0v) is 8.24. The summed E-state index contributed by atoms with van der Waals surface area (Å²) < 4.78 is 0. The molecule has 1 aliphatic heterocycles. The highest BCUT2D eigenvalue weighted by Crippen LogP contribution is 2.10. The van der Waals surface area contributed by atoms with Crippen molar-refractivity contribution in [2.45, 2.75) is 25.3 Å². The van der Waals surface area contributed by atoms with Gasteiger partial charge in [0.15, 0.2) is 0 Å². The van der Waals surface area contributed by atoms with Gasteiger partial charge in [0.1, 0.15) is 5.82 Å². The third-order valence-corrected chi connectivity index (χ3v) is 2.49. The average molecular weight is 192 g/mol. The summed E-state index contributed by atoms with van der Waals surface area (Å²) in [6.07, 6.45) is 8.80. The quantitative estimate of drug-likeness (QED) is 0.735. The van der Waals surface area contributed by atoms with Gasteiger partial charge in [-0.25, -0.2) is 4.98 Å². The highest BCUT2D eigenvalue weighted by molar-refractivity contribution is 5.31. The second-order valence-corrected chi connectivity index (χ2v) is 3.61. The number of aromatic nitrogens is 2. The summed E-state index contributed by atoms with van der Waals surface area (Å²) >= 11 is 0. The lowest BCUT2D eigenvalue weighted by molar-refractivity contribution is 0.634. The zero-order valence-electron chi connectivity index (χ0n) is 8.24. The molecule has 4 nitrogen and oxygen atoms in total. The van der Waals surface area contributed by atoms with Crippen molar-refractivity contribution in [3.05, 3.63) is 18.6 Å². The molecule has 76 valence electrons. The first-order valence-electron chi connectivity index (χ1n) is 5.18. The van der Waals surface area contributed by atoms with Crippen LogP contribution in [0.2, 0.25) is 0 Å². The van der Waals surface area contributed by atoms with Crippen molar-refractivity contribution in [2.75, 3.05) is 18.4 Å². The minimum atomic E-state index is 0.543. The Labute approximate surface area is 84.2 Å². The van der Waals surface area contributed by atoms with E-state index >= 15 is 0 Å². The van der Waals surface area contributed by atoms with Crippen molar-refractivity contribution < 1.29 is 0 Å². The fourth-order valence-electron chi connectivity index (χ4n) is 1.75. The maximum absolute atomic E-state index is 4.21. The van der Waals surface area contributed by atoms with Gasteiger partial charge in [0.25, 0.3) is 0 Å². The fourth-order valence-corrected chi connectivity index (χ4v) is 1.75. The van der Waals surface area contributed by atoms with Crippen LogP contribution in [0.4, 0.5) is 5.82 Å². The number of hydrogen-bond donors (Lipinski definition) is 2. The number of hydrogen-bond acceptors (Lipinski definition) is 4. The van der Waals surface area contributed by atoms with Crippen molar-refractivity contribution in [1.29, 1.82) is 0 Å². The van der Waals surface area contributed by atoms with Crippen LogP contribution in [0, 0.1) is 0 Å². The van der Waals surface area contributed by atoms with Gasteiger partial charge in [0, 0.05) is 18.4 Å². The Morgan fingerprint density at radius 2 is 2.29 bits per heavy atom. The molecule has 0 amide bonds. The third kappa shape index (κ3) is 2.67. The van der Waals surface area contributed by atoms with E-state index in [1.807, 2.05) is 0 Å². The van der Waals surface area contributed by atoms with Crippen LogP contribution in [0.1, 0.15) is 19.3 Å². The molecular weight excluding hydrogens is 176 g/mol. The van der Waals surface area contributed by atoms with E-state index in [1.54, 1.807) is 18.6 Å². The summed E-state index contributed by atoms with van der Waals surface area (Å²) in [5.41, 5.74) is 0. The molecule has 2 heterocycles. The molecule has 0 aromatic carbocycles. The molecule has 0 bridgehead atoms. The third-order valence-electron chi connectivity index (χ3n) is 2.49. The van der Waals surface area contributed by atoms with Gasteiger partial charge in [-0.3, -0.25) is 4.98 Å². The number of rotatable bonds is 2. The van der Waals surface area contributed by atoms with Crippen molar-refractivity contribution in [3.8, 4) is 0 Å². The lowest BCUT2D eigenvalue weighted by Gasteiger charge is -2.15. The molecule has 4 heteroatoms. The Balaban J connectivity index is 1.90. The Kier molecular flexibility index (Phi) is 3.29. The molecule has 14 heavy (non-hydrogen) atoms. The second kappa shape index (κ2) is 4.91. The molecule has 1 aromatic heterocycles. The monoisotopic (exact) mass is 192 g/mol. The van der Waals surface area contributed by atoms with Crippen LogP contribution in [0.15, 0.2) is 18.6 Å². The molecule has 0 saturated carbocycles. The van der Waals surface area contributed by atoms with Gasteiger partial charge >= 0.3 is 0 Å². The van der Waals surface area contributed by atoms with Gasteiger partial charge in [-0.2, -0.15) is 0 Å². The molecule has 1 unspecified atom stereocenters. The molecule has 0 radical (unpaired) electrons. The predicted molar refractivity (Wildman–Crippen MR) is 56.2 cm³/mol. The first-order valence-corrected chi connectivity index (χ1v) is 5.18. The molecule has 0 spiro atoms. The van der Waals surface area contributed by atoms with Crippen molar-refractivity contribution in [2.24, 2.45) is 0 Å². The Bertz CT molecular complexity index is 254. The van der Waals surface area contributed by atoms with Crippen molar-refractivity contribution in [1.82, 2.24) is 15.3 Å². The predicted octanol–water partition coefficient (Wildman–Crippen LogP) is 1.03. The van der Waals surface area contributed by atoms with Crippen molar-refractivity contribution in [3.63, 3.8) is 0 Å². The Morgan fingerprint density at radius 1 is 1.29 bits per heavy atom. The normalized spacial score (nSPS) is 22.7. The van der Waals surface area contributed by atoms with E-state index in [0.717, 1.165) is 25.3 Å². The van der Waals surface area contributed by atoms with Crippen LogP contribution in [0.5, 0.6) is 0 Å². The largest absolute Gasteiger partial charge is 0.366 e. The van der Waals surface area contributed by atoms with Gasteiger partial charge in [-0.1, -0.05) is 0 Å². The topological polar surface area (TPSA) is 49.8 Å². The minimum Gasteiger partial charge on any atom is -0.366 e. The number of nitrogens with one attached hydrogen (secondary N) is 2. The van der Waals surface area contributed by atoms with Crippen LogP contribution in [-0.2, 0) is 0 Å². The van der Waals surface area contributed by atoms with E-state index in [2.05, 4.69) is 20.6 Å². The molecule has 1 aliphatic rings. The molecule has 1 atom stereocenters. The van der Waals surface area contributed by atoms with Gasteiger partial charge in [0.05, 0.1) is 6.20 Å². The number of anilines is 1. The van der Waals surface area contributed by atoms with Crippen LogP contribution in [0.3, 0.4) is 0 Å². The maximum Gasteiger partial charge on any atom is 0.144 e.